The Bertz CT molecular complexity index is 1330. The molecule has 11 nitrogen and oxygen atoms in total. The van der Waals surface area contributed by atoms with Crippen LogP contribution in [0.3, 0.4) is 0 Å². The standard InChI is InChI=1S/C33H42N4O7/c1-33(31(39)34-2,32(40)35-44-29-7-5-6-18-43-29)36(3)30(38)27-16-14-25(15-17-27)9-8-24-10-12-26(13-11-24)21-37-22-28(23-37)42-20-19-41-4/h10-17,28-29H,5-7,18-23H2,1-4H3,(H,34,39)(H,35,40)/t29?,33-/m0/s1. The fraction of sp³-hybridized carbons (Fsp3) is 0.485. The Morgan fingerprint density at radius 2 is 1.66 bits per heavy atom. The van der Waals surface area contributed by atoms with Crippen molar-refractivity contribution in [1.82, 2.24) is 20.6 Å². The van der Waals surface area contributed by atoms with Gasteiger partial charge in [-0.15, -0.1) is 0 Å². The van der Waals surface area contributed by atoms with Crippen LogP contribution in [0.4, 0.5) is 0 Å². The summed E-state index contributed by atoms with van der Waals surface area (Å²) >= 11 is 0. The quantitative estimate of drug-likeness (QED) is 0.163. The van der Waals surface area contributed by atoms with Crippen LogP contribution in [0, 0.1) is 11.8 Å². The summed E-state index contributed by atoms with van der Waals surface area (Å²) in [5, 5.41) is 2.47. The molecule has 2 aliphatic rings. The van der Waals surface area contributed by atoms with E-state index in [1.54, 1.807) is 31.4 Å². The molecule has 2 atom stereocenters. The van der Waals surface area contributed by atoms with E-state index in [0.29, 0.717) is 31.8 Å². The molecule has 2 aliphatic heterocycles. The van der Waals surface area contributed by atoms with E-state index in [4.69, 9.17) is 19.0 Å². The third kappa shape index (κ3) is 8.43. The number of carbonyl (C=O) groups excluding carboxylic acids is 3. The summed E-state index contributed by atoms with van der Waals surface area (Å²) in [6.45, 7) is 5.85. The molecule has 2 fully saturated rings. The highest BCUT2D eigenvalue weighted by Gasteiger charge is 2.47. The Morgan fingerprint density at radius 3 is 2.25 bits per heavy atom. The number of likely N-dealkylation sites (tertiary alicyclic amines) is 1. The van der Waals surface area contributed by atoms with Gasteiger partial charge >= 0.3 is 0 Å². The van der Waals surface area contributed by atoms with Crippen LogP contribution in [0.25, 0.3) is 0 Å². The third-order valence-electron chi connectivity index (χ3n) is 7.92. The van der Waals surface area contributed by atoms with Gasteiger partial charge in [0.2, 0.25) is 0 Å². The Balaban J connectivity index is 1.32. The molecule has 0 saturated carbocycles. The first-order chi connectivity index (χ1) is 21.2. The highest BCUT2D eigenvalue weighted by molar-refractivity contribution is 6.12. The Labute approximate surface area is 259 Å². The van der Waals surface area contributed by atoms with Gasteiger partial charge in [0.1, 0.15) is 0 Å². The van der Waals surface area contributed by atoms with E-state index in [1.165, 1.54) is 26.6 Å². The molecule has 3 amide bonds. The minimum Gasteiger partial charge on any atom is -0.382 e. The van der Waals surface area contributed by atoms with Crippen molar-refractivity contribution >= 4 is 17.7 Å². The van der Waals surface area contributed by atoms with E-state index in [1.807, 2.05) is 12.1 Å². The molecular formula is C33H42N4O7. The number of benzene rings is 2. The number of nitrogens with one attached hydrogen (secondary N) is 2. The van der Waals surface area contributed by atoms with E-state index in [9.17, 15) is 14.4 Å². The maximum absolute atomic E-state index is 13.4. The van der Waals surface area contributed by atoms with Crippen molar-refractivity contribution in [1.29, 1.82) is 0 Å². The molecular weight excluding hydrogens is 564 g/mol. The van der Waals surface area contributed by atoms with Gasteiger partial charge in [-0.25, -0.2) is 10.3 Å². The zero-order chi connectivity index (χ0) is 31.5. The first-order valence-corrected chi connectivity index (χ1v) is 14.9. The topological polar surface area (TPSA) is 119 Å². The average molecular weight is 607 g/mol. The Kier molecular flexibility index (Phi) is 11.9. The van der Waals surface area contributed by atoms with Crippen molar-refractivity contribution in [2.45, 2.75) is 50.7 Å². The number of likely N-dealkylation sites (N-methyl/N-ethyl adjacent to an activating group) is 2. The SMILES string of the molecule is CNC(=O)[C@@](C)(C(=O)NOC1CCCCO1)N(C)C(=O)c1ccc(C#Cc2ccc(CN3CC(OCCOC)C3)cc2)cc1. The summed E-state index contributed by atoms with van der Waals surface area (Å²) in [5.74, 6) is 4.33. The number of ether oxygens (including phenoxy) is 3. The van der Waals surface area contributed by atoms with Gasteiger partial charge in [0.25, 0.3) is 17.7 Å². The molecule has 2 heterocycles. The van der Waals surface area contributed by atoms with Crippen molar-refractivity contribution in [2.75, 3.05) is 54.1 Å². The normalized spacial score (nSPS) is 18.2. The molecule has 4 rings (SSSR count). The maximum Gasteiger partial charge on any atom is 0.279 e. The van der Waals surface area contributed by atoms with Crippen molar-refractivity contribution in [3.05, 3.63) is 70.8 Å². The van der Waals surface area contributed by atoms with E-state index in [0.717, 1.165) is 48.5 Å². The lowest BCUT2D eigenvalue weighted by molar-refractivity contribution is -0.204. The van der Waals surface area contributed by atoms with E-state index in [2.05, 4.69) is 39.7 Å². The molecule has 2 aromatic rings. The first kappa shape index (κ1) is 33.1. The van der Waals surface area contributed by atoms with Crippen molar-refractivity contribution in [3.63, 3.8) is 0 Å². The molecule has 0 spiro atoms. The monoisotopic (exact) mass is 606 g/mol. The summed E-state index contributed by atoms with van der Waals surface area (Å²) in [4.78, 5) is 48.2. The Hall–Kier alpha value is -3.79. The van der Waals surface area contributed by atoms with Gasteiger partial charge in [-0.3, -0.25) is 19.3 Å². The van der Waals surface area contributed by atoms with Crippen LogP contribution in [0.15, 0.2) is 48.5 Å². The van der Waals surface area contributed by atoms with E-state index in [-0.39, 0.29) is 6.10 Å². The highest BCUT2D eigenvalue weighted by Crippen LogP contribution is 2.20. The lowest BCUT2D eigenvalue weighted by Crippen LogP contribution is -2.65. The second kappa shape index (κ2) is 15.8. The van der Waals surface area contributed by atoms with Crippen LogP contribution >= 0.6 is 0 Å². The van der Waals surface area contributed by atoms with Crippen molar-refractivity contribution < 1.29 is 33.4 Å². The number of nitrogens with zero attached hydrogens (tertiary/aromatic N) is 2. The molecule has 11 heteroatoms. The second-order valence-corrected chi connectivity index (χ2v) is 11.1. The fourth-order valence-electron chi connectivity index (χ4n) is 4.92. The summed E-state index contributed by atoms with van der Waals surface area (Å²) in [6, 6.07) is 14.9. The van der Waals surface area contributed by atoms with Crippen LogP contribution in [0.2, 0.25) is 0 Å². The van der Waals surface area contributed by atoms with Crippen molar-refractivity contribution in [3.8, 4) is 11.8 Å². The fourth-order valence-corrected chi connectivity index (χ4v) is 4.92. The molecule has 0 aliphatic carbocycles. The van der Waals surface area contributed by atoms with Crippen LogP contribution < -0.4 is 10.8 Å². The number of hydrogen-bond donors (Lipinski definition) is 2. The third-order valence-corrected chi connectivity index (χ3v) is 7.92. The highest BCUT2D eigenvalue weighted by atomic mass is 16.8. The lowest BCUT2D eigenvalue weighted by Gasteiger charge is -2.38. The van der Waals surface area contributed by atoms with Gasteiger partial charge in [0.15, 0.2) is 11.8 Å². The smallest absolute Gasteiger partial charge is 0.279 e. The molecule has 2 N–H and O–H groups in total. The number of amides is 3. The Morgan fingerprint density at radius 1 is 1.00 bits per heavy atom. The molecule has 0 aromatic heterocycles. The van der Waals surface area contributed by atoms with Gasteiger partial charge in [0.05, 0.1) is 19.3 Å². The molecule has 0 radical (unpaired) electrons. The molecule has 0 bridgehead atoms. The van der Waals surface area contributed by atoms with Gasteiger partial charge in [-0.1, -0.05) is 24.0 Å². The molecule has 2 aromatic carbocycles. The number of hydrogen-bond acceptors (Lipinski definition) is 8. The molecule has 44 heavy (non-hydrogen) atoms. The average Bonchev–Trinajstić information content (AvgIpc) is 3.04. The zero-order valence-electron chi connectivity index (χ0n) is 25.9. The minimum atomic E-state index is -1.87. The molecule has 2 saturated heterocycles. The number of carbonyl (C=O) groups is 3. The van der Waals surface area contributed by atoms with Gasteiger partial charge in [0, 0.05) is 70.6 Å². The summed E-state index contributed by atoms with van der Waals surface area (Å²) in [5.41, 5.74) is 3.56. The van der Waals surface area contributed by atoms with Crippen LogP contribution in [0.1, 0.15) is 53.2 Å². The summed E-state index contributed by atoms with van der Waals surface area (Å²) < 4.78 is 16.2. The predicted octanol–water partition coefficient (Wildman–Crippen LogP) is 2.08. The lowest BCUT2D eigenvalue weighted by atomic mass is 9.96. The number of methoxy groups -OCH3 is 1. The largest absolute Gasteiger partial charge is 0.382 e. The summed E-state index contributed by atoms with van der Waals surface area (Å²) in [6.07, 6.45) is 2.13. The van der Waals surface area contributed by atoms with E-state index < -0.39 is 29.6 Å². The maximum atomic E-state index is 13.4. The van der Waals surface area contributed by atoms with Crippen LogP contribution in [0.5, 0.6) is 0 Å². The molecule has 236 valence electrons. The first-order valence-electron chi connectivity index (χ1n) is 14.9. The van der Waals surface area contributed by atoms with E-state index >= 15 is 0 Å². The predicted molar refractivity (Wildman–Crippen MR) is 163 cm³/mol. The zero-order valence-corrected chi connectivity index (χ0v) is 25.9. The second-order valence-electron chi connectivity index (χ2n) is 11.1. The van der Waals surface area contributed by atoms with Gasteiger partial charge < -0.3 is 24.4 Å². The minimum absolute atomic E-state index is 0.276. The molecule has 1 unspecified atom stereocenters. The van der Waals surface area contributed by atoms with Gasteiger partial charge in [-0.2, -0.15) is 0 Å². The summed E-state index contributed by atoms with van der Waals surface area (Å²) in [7, 11) is 4.48. The number of hydroxylamine groups is 1. The van der Waals surface area contributed by atoms with Gasteiger partial charge in [-0.05, 0) is 61.7 Å². The van der Waals surface area contributed by atoms with Crippen LogP contribution in [-0.4, -0.2) is 99.6 Å². The van der Waals surface area contributed by atoms with Crippen molar-refractivity contribution in [2.24, 2.45) is 0 Å². The number of rotatable bonds is 12. The van der Waals surface area contributed by atoms with Crippen LogP contribution in [-0.2, 0) is 35.2 Å².